The van der Waals surface area contributed by atoms with E-state index in [-0.39, 0.29) is 0 Å². The van der Waals surface area contributed by atoms with Crippen molar-refractivity contribution in [3.63, 3.8) is 0 Å². The summed E-state index contributed by atoms with van der Waals surface area (Å²) in [5, 5.41) is 3.76. The molecule has 0 unspecified atom stereocenters. The van der Waals surface area contributed by atoms with E-state index >= 15 is 0 Å². The first-order valence-electron chi connectivity index (χ1n) is 6.07. The van der Waals surface area contributed by atoms with Gasteiger partial charge in [-0.1, -0.05) is 33.2 Å². The van der Waals surface area contributed by atoms with E-state index in [9.17, 15) is 0 Å². The quantitative estimate of drug-likeness (QED) is 0.542. The normalized spacial score (nSPS) is 11.3. The fourth-order valence-electron chi connectivity index (χ4n) is 2.06. The summed E-state index contributed by atoms with van der Waals surface area (Å²) >= 11 is 3.49. The molecule has 4 nitrogen and oxygen atoms in total. The Morgan fingerprint density at radius 2 is 2.15 bits per heavy atom. The number of benzene rings is 2. The van der Waals surface area contributed by atoms with Gasteiger partial charge in [0.2, 0.25) is 0 Å². The number of fused-ring (bicyclic) bond motifs is 1. The van der Waals surface area contributed by atoms with Gasteiger partial charge < -0.3 is 4.84 Å². The maximum Gasteiger partial charge on any atom is 0.106 e. The minimum absolute atomic E-state index is 0.921. The minimum Gasteiger partial charge on any atom is -0.399 e. The van der Waals surface area contributed by atoms with Crippen molar-refractivity contribution < 1.29 is 4.84 Å². The van der Waals surface area contributed by atoms with E-state index in [1.165, 1.54) is 7.11 Å². The molecule has 1 aromatic heterocycles. The summed E-state index contributed by atoms with van der Waals surface area (Å²) < 4.78 is 3.10. The highest BCUT2D eigenvalue weighted by atomic mass is 79.9. The molecule has 0 radical (unpaired) electrons. The average molecular weight is 330 g/mol. The highest BCUT2D eigenvalue weighted by Crippen LogP contribution is 2.21. The topological polar surface area (TPSA) is 39.4 Å². The molecule has 1 heterocycles. The Morgan fingerprint density at radius 1 is 1.25 bits per heavy atom. The molecule has 0 saturated carbocycles. The van der Waals surface area contributed by atoms with Crippen LogP contribution in [0.1, 0.15) is 5.56 Å². The third-order valence-electron chi connectivity index (χ3n) is 2.96. The number of halogens is 1. The second-order valence-electron chi connectivity index (χ2n) is 4.26. The van der Waals surface area contributed by atoms with Crippen LogP contribution in [0.4, 0.5) is 0 Å². The second-order valence-corrected chi connectivity index (χ2v) is 5.18. The molecule has 3 aromatic rings. The summed E-state index contributed by atoms with van der Waals surface area (Å²) in [6.07, 6.45) is 3.49. The van der Waals surface area contributed by atoms with Gasteiger partial charge in [0.05, 0.1) is 17.2 Å². The van der Waals surface area contributed by atoms with Crippen LogP contribution in [0.5, 0.6) is 0 Å². The van der Waals surface area contributed by atoms with Gasteiger partial charge in [0.15, 0.2) is 0 Å². The molecule has 0 bridgehead atoms. The molecule has 0 saturated heterocycles. The molecule has 2 aromatic carbocycles. The van der Waals surface area contributed by atoms with Gasteiger partial charge in [-0.2, -0.15) is 0 Å². The molecule has 0 spiro atoms. The second kappa shape index (κ2) is 5.46. The Hall–Kier alpha value is -2.14. The van der Waals surface area contributed by atoms with Gasteiger partial charge in [0.1, 0.15) is 13.4 Å². The van der Waals surface area contributed by atoms with Gasteiger partial charge in [-0.15, -0.1) is 0 Å². The SMILES string of the molecule is CON=Cc1ccc2c(c1)ncn2-c1cccc(Br)c1. The number of hydrogen-bond acceptors (Lipinski definition) is 3. The molecule has 0 aliphatic carbocycles. The monoisotopic (exact) mass is 329 g/mol. The number of imidazole rings is 1. The highest BCUT2D eigenvalue weighted by Gasteiger charge is 2.05. The van der Waals surface area contributed by atoms with Crippen molar-refractivity contribution >= 4 is 33.2 Å². The highest BCUT2D eigenvalue weighted by molar-refractivity contribution is 9.10. The van der Waals surface area contributed by atoms with Crippen molar-refractivity contribution in [2.45, 2.75) is 0 Å². The summed E-state index contributed by atoms with van der Waals surface area (Å²) in [6, 6.07) is 14.1. The van der Waals surface area contributed by atoms with Crippen molar-refractivity contribution in [2.75, 3.05) is 7.11 Å². The van der Waals surface area contributed by atoms with Crippen LogP contribution in [0.2, 0.25) is 0 Å². The fourth-order valence-corrected chi connectivity index (χ4v) is 2.44. The van der Waals surface area contributed by atoms with Crippen LogP contribution in [0, 0.1) is 0 Å². The van der Waals surface area contributed by atoms with Gasteiger partial charge in [-0.05, 0) is 35.9 Å². The lowest BCUT2D eigenvalue weighted by Gasteiger charge is -2.04. The zero-order chi connectivity index (χ0) is 13.9. The van der Waals surface area contributed by atoms with E-state index in [4.69, 9.17) is 0 Å². The Balaban J connectivity index is 2.08. The third-order valence-corrected chi connectivity index (χ3v) is 3.46. The van der Waals surface area contributed by atoms with E-state index in [1.54, 1.807) is 6.21 Å². The van der Waals surface area contributed by atoms with E-state index in [2.05, 4.69) is 41.5 Å². The Morgan fingerprint density at radius 3 is 2.95 bits per heavy atom. The van der Waals surface area contributed by atoms with Crippen molar-refractivity contribution in [2.24, 2.45) is 5.16 Å². The van der Waals surface area contributed by atoms with Gasteiger partial charge in [-0.3, -0.25) is 4.57 Å². The molecule has 0 amide bonds. The lowest BCUT2D eigenvalue weighted by Crippen LogP contribution is -1.91. The molecule has 0 atom stereocenters. The fraction of sp³-hybridized carbons (Fsp3) is 0.0667. The van der Waals surface area contributed by atoms with Crippen molar-refractivity contribution in [1.82, 2.24) is 9.55 Å². The summed E-state index contributed by atoms with van der Waals surface area (Å²) in [6.45, 7) is 0. The lowest BCUT2D eigenvalue weighted by atomic mass is 10.2. The number of rotatable bonds is 3. The molecule has 20 heavy (non-hydrogen) atoms. The van der Waals surface area contributed by atoms with Crippen molar-refractivity contribution in [3.05, 3.63) is 58.8 Å². The van der Waals surface area contributed by atoms with E-state index in [1.807, 2.05) is 42.7 Å². The summed E-state index contributed by atoms with van der Waals surface area (Å²) in [5.41, 5.74) is 4.00. The van der Waals surface area contributed by atoms with Gasteiger partial charge in [0, 0.05) is 10.2 Å². The Kier molecular flexibility index (Phi) is 3.52. The molecule has 0 fully saturated rings. The molecular weight excluding hydrogens is 318 g/mol. The first-order valence-corrected chi connectivity index (χ1v) is 6.87. The smallest absolute Gasteiger partial charge is 0.106 e. The van der Waals surface area contributed by atoms with Crippen molar-refractivity contribution in [1.29, 1.82) is 0 Å². The maximum absolute atomic E-state index is 4.68. The van der Waals surface area contributed by atoms with Crippen LogP contribution in [-0.4, -0.2) is 22.9 Å². The van der Waals surface area contributed by atoms with E-state index < -0.39 is 0 Å². The number of oxime groups is 1. The van der Waals surface area contributed by atoms with E-state index in [0.29, 0.717) is 0 Å². The standard InChI is InChI=1S/C15H12BrN3O/c1-20-18-9-11-5-6-15-14(7-11)17-10-19(15)13-4-2-3-12(16)8-13/h2-10H,1H3. The molecule has 0 N–H and O–H groups in total. The number of aromatic nitrogens is 2. The average Bonchev–Trinajstić information content (AvgIpc) is 2.88. The molecule has 5 heteroatoms. The van der Waals surface area contributed by atoms with Gasteiger partial charge in [-0.25, -0.2) is 4.98 Å². The largest absolute Gasteiger partial charge is 0.399 e. The predicted molar refractivity (Wildman–Crippen MR) is 83.4 cm³/mol. The molecular formula is C15H12BrN3O. The summed E-state index contributed by atoms with van der Waals surface area (Å²) in [4.78, 5) is 9.12. The molecule has 3 rings (SSSR count). The zero-order valence-corrected chi connectivity index (χ0v) is 12.4. The summed E-state index contributed by atoms with van der Waals surface area (Å²) in [5.74, 6) is 0. The van der Waals surface area contributed by atoms with Gasteiger partial charge in [0.25, 0.3) is 0 Å². The first kappa shape index (κ1) is 12.9. The van der Waals surface area contributed by atoms with E-state index in [0.717, 1.165) is 26.8 Å². The van der Waals surface area contributed by atoms with Gasteiger partial charge >= 0.3 is 0 Å². The van der Waals surface area contributed by atoms with Crippen LogP contribution in [0.15, 0.2) is 58.4 Å². The Bertz CT molecular complexity index is 780. The van der Waals surface area contributed by atoms with Crippen LogP contribution < -0.4 is 0 Å². The minimum atomic E-state index is 0.921. The maximum atomic E-state index is 4.68. The van der Waals surface area contributed by atoms with Crippen LogP contribution >= 0.6 is 15.9 Å². The molecule has 0 aliphatic rings. The number of nitrogens with zero attached hydrogens (tertiary/aromatic N) is 3. The summed E-state index contributed by atoms with van der Waals surface area (Å²) in [7, 11) is 1.52. The van der Waals surface area contributed by atoms with Crippen molar-refractivity contribution in [3.8, 4) is 5.69 Å². The molecule has 100 valence electrons. The van der Waals surface area contributed by atoms with Crippen LogP contribution in [-0.2, 0) is 4.84 Å². The predicted octanol–water partition coefficient (Wildman–Crippen LogP) is 3.77. The van der Waals surface area contributed by atoms with Crippen LogP contribution in [0.3, 0.4) is 0 Å². The van der Waals surface area contributed by atoms with Crippen LogP contribution in [0.25, 0.3) is 16.7 Å². The Labute approximate surface area is 124 Å². The molecule has 0 aliphatic heterocycles. The zero-order valence-electron chi connectivity index (χ0n) is 10.8. The third kappa shape index (κ3) is 2.44. The number of hydrogen-bond donors (Lipinski definition) is 0. The first-order chi connectivity index (χ1) is 9.78. The lowest BCUT2D eigenvalue weighted by molar-refractivity contribution is 0.215.